The standard InChI is InChI=1S/C17H13BrO4/c1-20-17(19)13-4-2-3-5-15(13)21-9-11-10-22-16-7-6-12(18)8-14(11)16/h2-8,10H,9H2,1H3. The number of hydrogen-bond donors (Lipinski definition) is 0. The molecule has 4 nitrogen and oxygen atoms in total. The molecule has 0 amide bonds. The summed E-state index contributed by atoms with van der Waals surface area (Å²) >= 11 is 3.44. The number of fused-ring (bicyclic) bond motifs is 1. The van der Waals surface area contributed by atoms with E-state index in [1.807, 2.05) is 24.3 Å². The molecule has 0 saturated carbocycles. The summed E-state index contributed by atoms with van der Waals surface area (Å²) in [6.07, 6.45) is 1.66. The predicted octanol–water partition coefficient (Wildman–Crippen LogP) is 4.56. The maximum Gasteiger partial charge on any atom is 0.341 e. The molecule has 0 aliphatic rings. The first kappa shape index (κ1) is 14.7. The smallest absolute Gasteiger partial charge is 0.341 e. The van der Waals surface area contributed by atoms with Crippen molar-refractivity contribution < 1.29 is 18.7 Å². The lowest BCUT2D eigenvalue weighted by Gasteiger charge is -2.09. The van der Waals surface area contributed by atoms with Gasteiger partial charge in [0.2, 0.25) is 0 Å². The van der Waals surface area contributed by atoms with Crippen LogP contribution < -0.4 is 4.74 Å². The van der Waals surface area contributed by atoms with Crippen LogP contribution in [-0.2, 0) is 11.3 Å². The quantitative estimate of drug-likeness (QED) is 0.639. The molecule has 0 fully saturated rings. The van der Waals surface area contributed by atoms with Gasteiger partial charge >= 0.3 is 5.97 Å². The molecule has 2 aromatic carbocycles. The molecule has 1 aromatic heterocycles. The molecule has 0 aliphatic heterocycles. The number of hydrogen-bond acceptors (Lipinski definition) is 4. The van der Waals surface area contributed by atoms with Gasteiger partial charge in [-0.3, -0.25) is 0 Å². The number of benzene rings is 2. The lowest BCUT2D eigenvalue weighted by Crippen LogP contribution is -2.05. The van der Waals surface area contributed by atoms with Crippen molar-refractivity contribution in [1.82, 2.24) is 0 Å². The van der Waals surface area contributed by atoms with E-state index in [-0.39, 0.29) is 0 Å². The van der Waals surface area contributed by atoms with Crippen molar-refractivity contribution in [2.75, 3.05) is 7.11 Å². The molecule has 1 heterocycles. The fraction of sp³-hybridized carbons (Fsp3) is 0.118. The Hall–Kier alpha value is -2.27. The number of carbonyl (C=O) groups is 1. The van der Waals surface area contributed by atoms with Crippen LogP contribution in [0.2, 0.25) is 0 Å². The number of furan rings is 1. The first-order valence-electron chi connectivity index (χ1n) is 6.65. The van der Waals surface area contributed by atoms with E-state index in [9.17, 15) is 4.79 Å². The molecule has 0 radical (unpaired) electrons. The first-order chi connectivity index (χ1) is 10.7. The molecule has 0 N–H and O–H groups in total. The zero-order valence-electron chi connectivity index (χ0n) is 11.8. The predicted molar refractivity (Wildman–Crippen MR) is 86.0 cm³/mol. The normalized spacial score (nSPS) is 10.6. The van der Waals surface area contributed by atoms with Crippen molar-refractivity contribution in [2.24, 2.45) is 0 Å². The maximum absolute atomic E-state index is 11.7. The Labute approximate surface area is 135 Å². The van der Waals surface area contributed by atoms with Crippen molar-refractivity contribution in [1.29, 1.82) is 0 Å². The Morgan fingerprint density at radius 3 is 2.86 bits per heavy atom. The van der Waals surface area contributed by atoms with Crippen molar-refractivity contribution in [3.63, 3.8) is 0 Å². The molecule has 112 valence electrons. The number of para-hydroxylation sites is 1. The van der Waals surface area contributed by atoms with Gasteiger partial charge in [0, 0.05) is 15.4 Å². The van der Waals surface area contributed by atoms with E-state index in [1.54, 1.807) is 24.5 Å². The highest BCUT2D eigenvalue weighted by Crippen LogP contribution is 2.27. The third kappa shape index (κ3) is 2.85. The molecule has 22 heavy (non-hydrogen) atoms. The summed E-state index contributed by atoms with van der Waals surface area (Å²) in [5.74, 6) is 0.0640. The second-order valence-corrected chi connectivity index (χ2v) is 5.59. The zero-order valence-corrected chi connectivity index (χ0v) is 13.4. The van der Waals surface area contributed by atoms with Crippen LogP contribution in [0.3, 0.4) is 0 Å². The van der Waals surface area contributed by atoms with Crippen LogP contribution in [0.15, 0.2) is 57.6 Å². The third-order valence-corrected chi connectivity index (χ3v) is 3.78. The topological polar surface area (TPSA) is 48.7 Å². The SMILES string of the molecule is COC(=O)c1ccccc1OCc1coc2ccc(Br)cc12. The first-order valence-corrected chi connectivity index (χ1v) is 7.44. The van der Waals surface area contributed by atoms with Gasteiger partial charge in [0.1, 0.15) is 23.5 Å². The van der Waals surface area contributed by atoms with E-state index in [0.29, 0.717) is 17.9 Å². The minimum Gasteiger partial charge on any atom is -0.488 e. The van der Waals surface area contributed by atoms with E-state index >= 15 is 0 Å². The van der Waals surface area contributed by atoms with Gasteiger partial charge in [-0.1, -0.05) is 28.1 Å². The van der Waals surface area contributed by atoms with Crippen LogP contribution >= 0.6 is 15.9 Å². The average molecular weight is 361 g/mol. The molecule has 0 spiro atoms. The maximum atomic E-state index is 11.7. The summed E-state index contributed by atoms with van der Waals surface area (Å²) in [5.41, 5.74) is 2.11. The van der Waals surface area contributed by atoms with Crippen LogP contribution in [0.5, 0.6) is 5.75 Å². The number of carbonyl (C=O) groups excluding carboxylic acids is 1. The van der Waals surface area contributed by atoms with E-state index in [1.165, 1.54) is 7.11 Å². The van der Waals surface area contributed by atoms with Crippen molar-refractivity contribution >= 4 is 32.9 Å². The van der Waals surface area contributed by atoms with Crippen LogP contribution in [0.1, 0.15) is 15.9 Å². The Kier molecular flexibility index (Phi) is 4.15. The average Bonchev–Trinajstić information content (AvgIpc) is 2.94. The second kappa shape index (κ2) is 6.23. The lowest BCUT2D eigenvalue weighted by molar-refractivity contribution is 0.0595. The van der Waals surface area contributed by atoms with Gasteiger partial charge in [-0.25, -0.2) is 4.79 Å². The second-order valence-electron chi connectivity index (χ2n) is 4.68. The van der Waals surface area contributed by atoms with Crippen molar-refractivity contribution in [3.8, 4) is 5.75 Å². The van der Waals surface area contributed by atoms with Gasteiger partial charge in [-0.05, 0) is 30.3 Å². The summed E-state index contributed by atoms with van der Waals surface area (Å²) < 4.78 is 17.0. The molecule has 0 bridgehead atoms. The van der Waals surface area contributed by atoms with Gasteiger partial charge in [0.15, 0.2) is 0 Å². The molecule has 0 saturated heterocycles. The van der Waals surface area contributed by atoms with E-state index in [4.69, 9.17) is 13.9 Å². The summed E-state index contributed by atoms with van der Waals surface area (Å²) in [4.78, 5) is 11.7. The molecule has 0 unspecified atom stereocenters. The van der Waals surface area contributed by atoms with E-state index in [0.717, 1.165) is 21.0 Å². The molecule has 3 rings (SSSR count). The summed E-state index contributed by atoms with van der Waals surface area (Å²) in [7, 11) is 1.35. The molecular formula is C17H13BrO4. The molecule has 0 aliphatic carbocycles. The minimum atomic E-state index is -0.421. The van der Waals surface area contributed by atoms with Gasteiger partial charge in [-0.2, -0.15) is 0 Å². The molecular weight excluding hydrogens is 348 g/mol. The minimum absolute atomic E-state index is 0.303. The highest BCUT2D eigenvalue weighted by atomic mass is 79.9. The number of rotatable bonds is 4. The molecule has 0 atom stereocenters. The van der Waals surface area contributed by atoms with Crippen LogP contribution in [0, 0.1) is 0 Å². The molecule has 5 heteroatoms. The van der Waals surface area contributed by atoms with E-state index < -0.39 is 5.97 Å². The molecule has 3 aromatic rings. The Morgan fingerprint density at radius 2 is 2.05 bits per heavy atom. The largest absolute Gasteiger partial charge is 0.488 e. The van der Waals surface area contributed by atoms with Crippen molar-refractivity contribution in [3.05, 3.63) is 64.3 Å². The van der Waals surface area contributed by atoms with Gasteiger partial charge in [0.25, 0.3) is 0 Å². The number of methoxy groups -OCH3 is 1. The number of ether oxygens (including phenoxy) is 2. The summed E-state index contributed by atoms with van der Waals surface area (Å²) in [5, 5.41) is 0.977. The monoisotopic (exact) mass is 360 g/mol. The summed E-state index contributed by atoms with van der Waals surface area (Å²) in [6.45, 7) is 0.303. The van der Waals surface area contributed by atoms with Crippen molar-refractivity contribution in [2.45, 2.75) is 6.61 Å². The Balaban J connectivity index is 1.86. The van der Waals surface area contributed by atoms with Gasteiger partial charge < -0.3 is 13.9 Å². The number of halogens is 1. The Bertz CT molecular complexity index is 822. The van der Waals surface area contributed by atoms with Gasteiger partial charge in [0.05, 0.1) is 13.4 Å². The summed E-state index contributed by atoms with van der Waals surface area (Å²) in [6, 6.07) is 12.8. The van der Waals surface area contributed by atoms with Crippen LogP contribution in [-0.4, -0.2) is 13.1 Å². The van der Waals surface area contributed by atoms with Crippen LogP contribution in [0.25, 0.3) is 11.0 Å². The van der Waals surface area contributed by atoms with Crippen LogP contribution in [0.4, 0.5) is 0 Å². The fourth-order valence-corrected chi connectivity index (χ4v) is 2.55. The van der Waals surface area contributed by atoms with E-state index in [2.05, 4.69) is 15.9 Å². The highest BCUT2D eigenvalue weighted by Gasteiger charge is 2.13. The Morgan fingerprint density at radius 1 is 1.23 bits per heavy atom. The zero-order chi connectivity index (χ0) is 15.5. The van der Waals surface area contributed by atoms with Gasteiger partial charge in [-0.15, -0.1) is 0 Å². The highest BCUT2D eigenvalue weighted by molar-refractivity contribution is 9.10. The number of esters is 1. The lowest BCUT2D eigenvalue weighted by atomic mass is 10.2. The fourth-order valence-electron chi connectivity index (χ4n) is 2.19. The third-order valence-electron chi connectivity index (χ3n) is 3.29.